The highest BCUT2D eigenvalue weighted by Crippen LogP contribution is 2.41. The maximum absolute atomic E-state index is 10.2. The lowest BCUT2D eigenvalue weighted by molar-refractivity contribution is 0.218. The zero-order valence-corrected chi connectivity index (χ0v) is 16.2. The molecule has 0 aromatic heterocycles. The first-order valence-corrected chi connectivity index (χ1v) is 8.87. The first-order chi connectivity index (χ1) is 13.4. The number of phenolic OH excluding ortho intramolecular Hbond substituents is 2. The van der Waals surface area contributed by atoms with Gasteiger partial charge in [-0.05, 0) is 67.3 Å². The Morgan fingerprint density at radius 3 is 2.44 bits per heavy atom. The van der Waals surface area contributed by atoms with Gasteiger partial charge in [0.2, 0.25) is 5.75 Å². The molecule has 2 aromatic carbocycles. The number of benzene rings is 2. The molecule has 2 aromatic rings. The van der Waals surface area contributed by atoms with Crippen LogP contribution in [0.25, 0.3) is 0 Å². The van der Waals surface area contributed by atoms with Crippen molar-refractivity contribution in [1.82, 2.24) is 4.90 Å². The van der Waals surface area contributed by atoms with Crippen LogP contribution in [-0.2, 0) is 12.8 Å². The number of phenols is 2. The second-order valence-corrected chi connectivity index (χ2v) is 6.68. The minimum Gasteiger partial charge on any atom is -0.504 e. The molecule has 146 valence electrons. The van der Waals surface area contributed by atoms with Crippen LogP contribution >= 0.6 is 0 Å². The maximum Gasteiger partial charge on any atom is 0.203 e. The molecule has 0 fully saturated rings. The van der Waals surface area contributed by atoms with Crippen molar-refractivity contribution in [3.63, 3.8) is 0 Å². The fourth-order valence-electron chi connectivity index (χ4n) is 3.67. The van der Waals surface area contributed by atoms with E-state index in [4.69, 9.17) is 15.6 Å². The third kappa shape index (κ3) is 3.76. The summed E-state index contributed by atoms with van der Waals surface area (Å²) >= 11 is 0. The van der Waals surface area contributed by atoms with E-state index in [9.17, 15) is 10.2 Å². The molecule has 1 aliphatic rings. The molecule has 0 aliphatic carbocycles. The predicted octanol–water partition coefficient (Wildman–Crippen LogP) is 3.29. The molecule has 0 bridgehead atoms. The highest BCUT2D eigenvalue weighted by Gasteiger charge is 2.26. The Morgan fingerprint density at radius 1 is 1.04 bits per heavy atom. The van der Waals surface area contributed by atoms with E-state index in [0.29, 0.717) is 30.1 Å². The Morgan fingerprint density at radius 2 is 1.78 bits per heavy atom. The molecule has 3 rings (SSSR count). The third-order valence-corrected chi connectivity index (χ3v) is 5.12. The summed E-state index contributed by atoms with van der Waals surface area (Å²) in [7, 11) is 6.47. The van der Waals surface area contributed by atoms with Gasteiger partial charge in [0.1, 0.15) is 0 Å². The molecule has 0 saturated carbocycles. The summed E-state index contributed by atoms with van der Waals surface area (Å²) in [6, 6.07) is 7.07. The van der Waals surface area contributed by atoms with Crippen LogP contribution in [0, 0.1) is 0 Å². The number of fused-ring (bicyclic) bond motifs is 1. The number of rotatable bonds is 6. The average molecular weight is 375 g/mol. The van der Waals surface area contributed by atoms with Gasteiger partial charge in [0.25, 0.3) is 0 Å². The number of hydrogen-bond acceptors (Lipinski definition) is 6. The lowest BCUT2D eigenvalue weighted by atomic mass is 9.88. The van der Waals surface area contributed by atoms with E-state index < -0.39 is 0 Å². The van der Waals surface area contributed by atoms with Gasteiger partial charge in [-0.15, -0.1) is 0 Å². The zero-order chi connectivity index (χ0) is 20.4. The first kappa shape index (κ1) is 17.8. The predicted molar refractivity (Wildman–Crippen MR) is 103 cm³/mol. The van der Waals surface area contributed by atoms with Crippen LogP contribution in [0.2, 0.25) is 0 Å². The maximum atomic E-state index is 10.2. The summed E-state index contributed by atoms with van der Waals surface area (Å²) < 4.78 is 24.1. The van der Waals surface area contributed by atoms with Crippen LogP contribution in [0.3, 0.4) is 0 Å². The van der Waals surface area contributed by atoms with Gasteiger partial charge in [0.15, 0.2) is 23.0 Å². The molecule has 0 saturated heterocycles. The SMILES string of the molecule is [3H][C@H]1Cc2cc(OC)c(O)cc2[C@@H](CCc2cc(O)c(OC)c(OC)c2)N1C. The van der Waals surface area contributed by atoms with E-state index in [1.54, 1.807) is 12.1 Å². The Kier molecular flexibility index (Phi) is 5.25. The lowest BCUT2D eigenvalue weighted by Gasteiger charge is -2.35. The molecule has 0 spiro atoms. The summed E-state index contributed by atoms with van der Waals surface area (Å²) in [5.41, 5.74) is 2.94. The zero-order valence-electron chi connectivity index (χ0n) is 17.2. The molecule has 2 atom stereocenters. The Hall–Kier alpha value is -2.60. The molecule has 6 heteroatoms. The summed E-state index contributed by atoms with van der Waals surface area (Å²) in [4.78, 5) is 2.01. The molecule has 1 heterocycles. The van der Waals surface area contributed by atoms with Crippen molar-refractivity contribution in [2.24, 2.45) is 0 Å². The largest absolute Gasteiger partial charge is 0.504 e. The van der Waals surface area contributed by atoms with Crippen molar-refractivity contribution in [2.45, 2.75) is 25.3 Å². The van der Waals surface area contributed by atoms with Gasteiger partial charge < -0.3 is 24.4 Å². The number of hydrogen-bond donors (Lipinski definition) is 2. The Labute approximate surface area is 161 Å². The van der Waals surface area contributed by atoms with Gasteiger partial charge >= 0.3 is 0 Å². The van der Waals surface area contributed by atoms with Gasteiger partial charge in [0.05, 0.1) is 21.3 Å². The molecular weight excluding hydrogens is 346 g/mol. The number of methoxy groups -OCH3 is 3. The van der Waals surface area contributed by atoms with Crippen molar-refractivity contribution in [1.29, 1.82) is 0 Å². The number of aromatic hydroxyl groups is 2. The lowest BCUT2D eigenvalue weighted by Crippen LogP contribution is -2.32. The number of ether oxygens (including phenoxy) is 3. The molecular formula is C21H27NO5. The number of likely N-dealkylation sites (N-methyl/N-ethyl adjacent to an activating group) is 1. The van der Waals surface area contributed by atoms with E-state index in [2.05, 4.69) is 0 Å². The minimum atomic E-state index is -0.370. The summed E-state index contributed by atoms with van der Waals surface area (Å²) in [6.07, 6.45) is 1.97. The number of nitrogens with zero attached hydrogens (tertiary/aromatic N) is 1. The molecule has 0 radical (unpaired) electrons. The Bertz CT molecular complexity index is 857. The monoisotopic (exact) mass is 375 g/mol. The van der Waals surface area contributed by atoms with Crippen molar-refractivity contribution < 1.29 is 25.8 Å². The second kappa shape index (κ2) is 7.96. The van der Waals surface area contributed by atoms with Crippen LogP contribution in [0.15, 0.2) is 24.3 Å². The van der Waals surface area contributed by atoms with Crippen molar-refractivity contribution in [3.8, 4) is 28.7 Å². The number of aryl methyl sites for hydroxylation is 2. The van der Waals surface area contributed by atoms with Crippen LogP contribution in [-0.4, -0.2) is 50.0 Å². The molecule has 0 unspecified atom stereocenters. The summed E-state index contributed by atoms with van der Waals surface area (Å²) in [6.45, 7) is -0.370. The summed E-state index contributed by atoms with van der Waals surface area (Å²) in [5, 5.41) is 20.4. The van der Waals surface area contributed by atoms with Crippen molar-refractivity contribution in [2.75, 3.05) is 34.9 Å². The van der Waals surface area contributed by atoms with Gasteiger partial charge in [-0.3, -0.25) is 4.90 Å². The van der Waals surface area contributed by atoms with Crippen LogP contribution < -0.4 is 14.2 Å². The molecule has 27 heavy (non-hydrogen) atoms. The highest BCUT2D eigenvalue weighted by atomic mass is 16.5. The normalized spacial score (nSPS) is 19.9. The molecule has 2 N–H and O–H groups in total. The van der Waals surface area contributed by atoms with Gasteiger partial charge in [-0.1, -0.05) is 0 Å². The van der Waals surface area contributed by atoms with E-state index in [1.165, 1.54) is 21.3 Å². The second-order valence-electron chi connectivity index (χ2n) is 6.68. The minimum absolute atomic E-state index is 0.0294. The fraction of sp³-hybridized carbons (Fsp3) is 0.429. The van der Waals surface area contributed by atoms with E-state index >= 15 is 0 Å². The van der Waals surface area contributed by atoms with E-state index in [1.807, 2.05) is 24.1 Å². The smallest absolute Gasteiger partial charge is 0.203 e. The molecule has 6 nitrogen and oxygen atoms in total. The van der Waals surface area contributed by atoms with Gasteiger partial charge in [-0.25, -0.2) is 0 Å². The fourth-order valence-corrected chi connectivity index (χ4v) is 3.67. The van der Waals surface area contributed by atoms with E-state index in [0.717, 1.165) is 23.1 Å². The van der Waals surface area contributed by atoms with Gasteiger partial charge in [-0.2, -0.15) is 0 Å². The molecule has 0 amide bonds. The van der Waals surface area contributed by atoms with Crippen LogP contribution in [0.1, 0.15) is 30.5 Å². The Balaban J connectivity index is 1.88. The average Bonchev–Trinajstić information content (AvgIpc) is 2.68. The van der Waals surface area contributed by atoms with Crippen LogP contribution in [0.5, 0.6) is 28.7 Å². The first-order valence-electron chi connectivity index (χ1n) is 9.45. The quantitative estimate of drug-likeness (QED) is 0.807. The van der Waals surface area contributed by atoms with Crippen molar-refractivity contribution in [3.05, 3.63) is 41.0 Å². The summed E-state index contributed by atoms with van der Waals surface area (Å²) in [5.74, 6) is 1.37. The van der Waals surface area contributed by atoms with E-state index in [-0.39, 0.29) is 24.1 Å². The van der Waals surface area contributed by atoms with Crippen molar-refractivity contribution >= 4 is 0 Å². The molecule has 1 aliphatic heterocycles. The standard InChI is InChI=1S/C21H27NO5/c1-22-8-7-14-11-19(25-2)17(23)12-15(14)16(22)6-5-13-9-18(24)21(27-4)20(10-13)26-3/h9-12,16,23-24H,5-8H2,1-4H3/t16-/m1/s1/i8T/t8-,16+/m0. The van der Waals surface area contributed by atoms with Gasteiger partial charge in [0, 0.05) is 13.9 Å². The third-order valence-electron chi connectivity index (χ3n) is 5.12. The highest BCUT2D eigenvalue weighted by molar-refractivity contribution is 5.53. The topological polar surface area (TPSA) is 71.4 Å². The van der Waals surface area contributed by atoms with Crippen LogP contribution in [0.4, 0.5) is 0 Å².